The van der Waals surface area contributed by atoms with Gasteiger partial charge in [0.15, 0.2) is 11.5 Å². The normalized spacial score (nSPS) is 16.9. The molecule has 0 bridgehead atoms. The Morgan fingerprint density at radius 3 is 2.85 bits per heavy atom. The van der Waals surface area contributed by atoms with E-state index in [-0.39, 0.29) is 17.7 Å². The third kappa shape index (κ3) is 4.62. The Kier molecular flexibility index (Phi) is 5.88. The monoisotopic (exact) mass is 354 g/mol. The molecule has 0 amide bonds. The second-order valence-electron chi connectivity index (χ2n) is 6.28. The molecular formula is C17H22N8O. The van der Waals surface area contributed by atoms with Crippen molar-refractivity contribution in [2.45, 2.75) is 25.9 Å². The standard InChI is InChI=1S/C17H22N8O/c1-11(2)17-14(21-9-13-8-19-3-4-26-13)5-15(24-25-17)23-16-10-20-12(6-18)7-22-16/h5,7,10-11,13,19H,3-4,8-9H2,1-2H3,(H2,21,22,23,24)/t13-/m1/s1. The van der Waals surface area contributed by atoms with Crippen LogP contribution in [0.4, 0.5) is 17.3 Å². The lowest BCUT2D eigenvalue weighted by Crippen LogP contribution is -2.42. The van der Waals surface area contributed by atoms with Crippen LogP contribution >= 0.6 is 0 Å². The molecule has 3 N–H and O–H groups in total. The van der Waals surface area contributed by atoms with Gasteiger partial charge in [-0.15, -0.1) is 5.10 Å². The van der Waals surface area contributed by atoms with Gasteiger partial charge in [-0.1, -0.05) is 13.8 Å². The zero-order valence-corrected chi connectivity index (χ0v) is 14.9. The van der Waals surface area contributed by atoms with E-state index < -0.39 is 0 Å². The molecule has 1 aliphatic heterocycles. The number of rotatable bonds is 6. The summed E-state index contributed by atoms with van der Waals surface area (Å²) in [5.41, 5.74) is 2.07. The van der Waals surface area contributed by atoms with Gasteiger partial charge in [0.25, 0.3) is 0 Å². The van der Waals surface area contributed by atoms with Crippen LogP contribution in [0.25, 0.3) is 0 Å². The molecule has 1 fully saturated rings. The van der Waals surface area contributed by atoms with Gasteiger partial charge >= 0.3 is 0 Å². The largest absolute Gasteiger partial charge is 0.381 e. The van der Waals surface area contributed by atoms with E-state index in [0.717, 1.165) is 31.1 Å². The second kappa shape index (κ2) is 8.51. The Morgan fingerprint density at radius 1 is 1.31 bits per heavy atom. The topological polar surface area (TPSA) is 121 Å². The van der Waals surface area contributed by atoms with Crippen molar-refractivity contribution in [3.05, 3.63) is 29.8 Å². The third-order valence-electron chi connectivity index (χ3n) is 3.92. The fraction of sp³-hybridized carbons (Fsp3) is 0.471. The number of nitrogens with one attached hydrogen (secondary N) is 3. The summed E-state index contributed by atoms with van der Waals surface area (Å²) >= 11 is 0. The van der Waals surface area contributed by atoms with Gasteiger partial charge in [0.05, 0.1) is 36.5 Å². The van der Waals surface area contributed by atoms with Crippen molar-refractivity contribution in [1.29, 1.82) is 5.26 Å². The fourth-order valence-corrected chi connectivity index (χ4v) is 2.59. The molecule has 3 rings (SSSR count). The van der Waals surface area contributed by atoms with Crippen molar-refractivity contribution < 1.29 is 4.74 Å². The maximum atomic E-state index is 8.79. The van der Waals surface area contributed by atoms with Crippen LogP contribution in [-0.2, 0) is 4.74 Å². The van der Waals surface area contributed by atoms with Crippen LogP contribution in [0.3, 0.4) is 0 Å². The van der Waals surface area contributed by atoms with Crippen LogP contribution < -0.4 is 16.0 Å². The molecule has 3 heterocycles. The van der Waals surface area contributed by atoms with Crippen molar-refractivity contribution in [3.63, 3.8) is 0 Å². The molecule has 26 heavy (non-hydrogen) atoms. The predicted molar refractivity (Wildman–Crippen MR) is 97.3 cm³/mol. The van der Waals surface area contributed by atoms with Gasteiger partial charge in [0.1, 0.15) is 11.9 Å². The van der Waals surface area contributed by atoms with Crippen molar-refractivity contribution >= 4 is 17.3 Å². The van der Waals surface area contributed by atoms with Crippen LogP contribution in [0, 0.1) is 11.3 Å². The SMILES string of the molecule is CC(C)c1nnc(Nc2cnc(C#N)cn2)cc1NC[C@H]1CNCCO1. The van der Waals surface area contributed by atoms with Crippen LogP contribution in [0.1, 0.15) is 31.2 Å². The summed E-state index contributed by atoms with van der Waals surface area (Å²) in [6, 6.07) is 3.84. The highest BCUT2D eigenvalue weighted by Gasteiger charge is 2.16. The first kappa shape index (κ1) is 18.0. The number of anilines is 3. The van der Waals surface area contributed by atoms with E-state index in [4.69, 9.17) is 10.00 Å². The number of nitriles is 1. The third-order valence-corrected chi connectivity index (χ3v) is 3.92. The van der Waals surface area contributed by atoms with Crippen LogP contribution in [0.15, 0.2) is 18.5 Å². The number of morpholine rings is 1. The lowest BCUT2D eigenvalue weighted by Gasteiger charge is -2.25. The Labute approximate surface area is 152 Å². The summed E-state index contributed by atoms with van der Waals surface area (Å²) in [5.74, 6) is 1.29. The molecule has 0 aromatic carbocycles. The number of ether oxygens (including phenoxy) is 1. The highest BCUT2D eigenvalue weighted by Crippen LogP contribution is 2.24. The molecule has 2 aromatic heterocycles. The van der Waals surface area contributed by atoms with Gasteiger partial charge in [-0.2, -0.15) is 10.4 Å². The van der Waals surface area contributed by atoms with Gasteiger partial charge in [-0.3, -0.25) is 0 Å². The average Bonchev–Trinajstić information content (AvgIpc) is 2.68. The Morgan fingerprint density at radius 2 is 2.19 bits per heavy atom. The van der Waals surface area contributed by atoms with E-state index in [1.165, 1.54) is 12.4 Å². The minimum Gasteiger partial charge on any atom is -0.381 e. The predicted octanol–water partition coefficient (Wildman–Crippen LogP) is 1.41. The maximum Gasteiger partial charge on any atom is 0.158 e. The van der Waals surface area contributed by atoms with Crippen LogP contribution in [0.2, 0.25) is 0 Å². The molecule has 2 aromatic rings. The van der Waals surface area contributed by atoms with E-state index in [9.17, 15) is 0 Å². The zero-order chi connectivity index (χ0) is 18.4. The first-order chi connectivity index (χ1) is 12.7. The van der Waals surface area contributed by atoms with Gasteiger partial charge < -0.3 is 20.7 Å². The Bertz CT molecular complexity index is 765. The van der Waals surface area contributed by atoms with Crippen molar-refractivity contribution in [2.24, 2.45) is 0 Å². The number of nitrogens with zero attached hydrogens (tertiary/aromatic N) is 5. The fourth-order valence-electron chi connectivity index (χ4n) is 2.59. The molecule has 136 valence electrons. The Balaban J connectivity index is 1.73. The number of aromatic nitrogens is 4. The first-order valence-corrected chi connectivity index (χ1v) is 8.58. The van der Waals surface area contributed by atoms with E-state index >= 15 is 0 Å². The molecular weight excluding hydrogens is 332 g/mol. The van der Waals surface area contributed by atoms with E-state index in [2.05, 4.69) is 50.0 Å². The Hall–Kier alpha value is -2.83. The minimum absolute atomic E-state index is 0.123. The summed E-state index contributed by atoms with van der Waals surface area (Å²) in [6.07, 6.45) is 3.02. The maximum absolute atomic E-state index is 8.79. The van der Waals surface area contributed by atoms with Gasteiger partial charge in [0.2, 0.25) is 0 Å². The average molecular weight is 354 g/mol. The smallest absolute Gasteiger partial charge is 0.158 e. The van der Waals surface area contributed by atoms with Crippen LogP contribution in [-0.4, -0.2) is 52.5 Å². The molecule has 9 heteroatoms. The summed E-state index contributed by atoms with van der Waals surface area (Å²) in [4.78, 5) is 8.12. The summed E-state index contributed by atoms with van der Waals surface area (Å²) < 4.78 is 5.73. The quantitative estimate of drug-likeness (QED) is 0.707. The molecule has 9 nitrogen and oxygen atoms in total. The number of hydrogen-bond donors (Lipinski definition) is 3. The molecule has 0 aliphatic carbocycles. The lowest BCUT2D eigenvalue weighted by atomic mass is 10.1. The highest BCUT2D eigenvalue weighted by atomic mass is 16.5. The number of hydrogen-bond acceptors (Lipinski definition) is 9. The molecule has 0 spiro atoms. The molecule has 0 radical (unpaired) electrons. The van der Waals surface area contributed by atoms with Gasteiger partial charge in [-0.25, -0.2) is 9.97 Å². The molecule has 1 saturated heterocycles. The van der Waals surface area contributed by atoms with Crippen molar-refractivity contribution in [2.75, 3.05) is 36.9 Å². The minimum atomic E-state index is 0.123. The summed E-state index contributed by atoms with van der Waals surface area (Å²) in [6.45, 7) is 7.29. The van der Waals surface area contributed by atoms with Crippen LogP contribution in [0.5, 0.6) is 0 Å². The summed E-state index contributed by atoms with van der Waals surface area (Å²) in [7, 11) is 0. The van der Waals surface area contributed by atoms with Gasteiger partial charge in [0, 0.05) is 25.7 Å². The lowest BCUT2D eigenvalue weighted by molar-refractivity contribution is 0.0372. The molecule has 1 aliphatic rings. The van der Waals surface area contributed by atoms with Gasteiger partial charge in [-0.05, 0) is 5.92 Å². The van der Waals surface area contributed by atoms with Crippen molar-refractivity contribution in [3.8, 4) is 6.07 Å². The van der Waals surface area contributed by atoms with E-state index in [1.54, 1.807) is 0 Å². The summed E-state index contributed by atoms with van der Waals surface area (Å²) in [5, 5.41) is 27.1. The zero-order valence-electron chi connectivity index (χ0n) is 14.9. The van der Waals surface area contributed by atoms with E-state index in [1.807, 2.05) is 12.1 Å². The van der Waals surface area contributed by atoms with Crippen molar-refractivity contribution in [1.82, 2.24) is 25.5 Å². The molecule has 0 saturated carbocycles. The molecule has 0 unspecified atom stereocenters. The second-order valence-corrected chi connectivity index (χ2v) is 6.28. The van der Waals surface area contributed by atoms with E-state index in [0.29, 0.717) is 18.2 Å². The molecule has 1 atom stereocenters. The first-order valence-electron chi connectivity index (χ1n) is 8.58. The highest BCUT2D eigenvalue weighted by molar-refractivity contribution is 5.60.